The highest BCUT2D eigenvalue weighted by Gasteiger charge is 2.36. The number of halogens is 1. The Morgan fingerprint density at radius 1 is 1.18 bits per heavy atom. The van der Waals surface area contributed by atoms with Crippen molar-refractivity contribution in [2.75, 3.05) is 59.5 Å². The highest BCUT2D eigenvalue weighted by molar-refractivity contribution is 8.14. The number of piperidine rings is 1. The van der Waals surface area contributed by atoms with Gasteiger partial charge in [0.2, 0.25) is 5.91 Å². The van der Waals surface area contributed by atoms with Crippen LogP contribution in [-0.4, -0.2) is 102 Å². The molecule has 208 valence electrons. The van der Waals surface area contributed by atoms with E-state index in [0.29, 0.717) is 52.3 Å². The van der Waals surface area contributed by atoms with Gasteiger partial charge in [0.15, 0.2) is 5.12 Å². The van der Waals surface area contributed by atoms with Crippen molar-refractivity contribution < 1.29 is 33.0 Å². The van der Waals surface area contributed by atoms with Crippen LogP contribution >= 0.6 is 11.8 Å². The van der Waals surface area contributed by atoms with E-state index in [0.717, 1.165) is 5.57 Å². The predicted octanol–water partition coefficient (Wildman–Crippen LogP) is 2.42. The number of methoxy groups -OCH3 is 1. The number of ether oxygens (including phenoxy) is 2. The van der Waals surface area contributed by atoms with Gasteiger partial charge in [0.25, 0.3) is 0 Å². The van der Waals surface area contributed by atoms with Crippen molar-refractivity contribution in [3.8, 4) is 0 Å². The lowest BCUT2D eigenvalue weighted by Gasteiger charge is -2.38. The van der Waals surface area contributed by atoms with Crippen molar-refractivity contribution in [3.63, 3.8) is 0 Å². The van der Waals surface area contributed by atoms with E-state index in [2.05, 4.69) is 0 Å². The molecule has 0 spiro atoms. The molecule has 0 bridgehead atoms. The van der Waals surface area contributed by atoms with E-state index in [1.54, 1.807) is 30.0 Å². The van der Waals surface area contributed by atoms with Gasteiger partial charge >= 0.3 is 11.9 Å². The molecule has 2 saturated heterocycles. The first-order valence-electron chi connectivity index (χ1n) is 12.8. The number of benzene rings is 1. The number of rotatable bonds is 10. The van der Waals surface area contributed by atoms with Gasteiger partial charge in [-0.05, 0) is 25.0 Å². The summed E-state index contributed by atoms with van der Waals surface area (Å²) in [6.45, 7) is 6.67. The zero-order valence-electron chi connectivity index (χ0n) is 22.2. The summed E-state index contributed by atoms with van der Waals surface area (Å²) in [5.74, 6) is -1.39. The van der Waals surface area contributed by atoms with Crippen molar-refractivity contribution >= 4 is 34.7 Å². The Labute approximate surface area is 227 Å². The molecule has 2 heterocycles. The molecule has 11 heteroatoms. The third-order valence-electron chi connectivity index (χ3n) is 6.68. The monoisotopic (exact) mass is 549 g/mol. The van der Waals surface area contributed by atoms with Crippen molar-refractivity contribution in [1.82, 2.24) is 14.7 Å². The fourth-order valence-electron chi connectivity index (χ4n) is 4.77. The lowest BCUT2D eigenvalue weighted by atomic mass is 9.97. The molecule has 2 unspecified atom stereocenters. The molecule has 0 aliphatic carbocycles. The maximum atomic E-state index is 14.7. The Bertz CT molecular complexity index is 1050. The van der Waals surface area contributed by atoms with Crippen LogP contribution in [-0.2, 0) is 28.7 Å². The van der Waals surface area contributed by atoms with Crippen LogP contribution in [0.15, 0.2) is 35.9 Å². The number of amides is 1. The molecule has 9 nitrogen and oxygen atoms in total. The summed E-state index contributed by atoms with van der Waals surface area (Å²) in [4.78, 5) is 54.5. The van der Waals surface area contributed by atoms with E-state index >= 15 is 0 Å². The molecular formula is C27H36FN3O6S. The second-order valence-corrected chi connectivity index (χ2v) is 10.6. The van der Waals surface area contributed by atoms with E-state index in [1.165, 1.54) is 31.9 Å². The van der Waals surface area contributed by atoms with E-state index in [4.69, 9.17) is 9.47 Å². The molecule has 3 rings (SSSR count). The maximum Gasteiger partial charge on any atom is 0.327 e. The third kappa shape index (κ3) is 8.12. The number of thioether (sulfide) groups is 1. The second-order valence-electron chi connectivity index (χ2n) is 9.25. The zero-order valence-corrected chi connectivity index (χ0v) is 23.0. The molecule has 0 aromatic heterocycles. The van der Waals surface area contributed by atoms with Gasteiger partial charge in [-0.1, -0.05) is 36.0 Å². The number of nitrogens with zero attached hydrogens (tertiary/aromatic N) is 3. The largest absolute Gasteiger partial charge is 0.468 e. The minimum atomic E-state index is -0.905. The molecule has 0 N–H and O–H groups in total. The van der Waals surface area contributed by atoms with E-state index < -0.39 is 17.8 Å². The van der Waals surface area contributed by atoms with Gasteiger partial charge < -0.3 is 14.4 Å². The van der Waals surface area contributed by atoms with Crippen molar-refractivity contribution in [3.05, 3.63) is 47.3 Å². The number of piperazine rings is 1. The standard InChI is InChI=1S/C27H36FN3O6S/c1-4-37-25(34)11-14-30-16-15-29(18-24(30)33)12-9-20-17-31(13-10-23(20)38-19(2)32)26(27(35)36-3)21-7-5-6-8-22(21)28/h5-9,23,26H,4,10-18H2,1-3H3/b20-9-. The van der Waals surface area contributed by atoms with E-state index in [9.17, 15) is 23.6 Å². The molecule has 38 heavy (non-hydrogen) atoms. The molecule has 1 amide bonds. The summed E-state index contributed by atoms with van der Waals surface area (Å²) < 4.78 is 24.6. The summed E-state index contributed by atoms with van der Waals surface area (Å²) in [5.41, 5.74) is 1.21. The van der Waals surface area contributed by atoms with Crippen LogP contribution in [0.5, 0.6) is 0 Å². The first-order chi connectivity index (χ1) is 18.2. The molecule has 2 fully saturated rings. The van der Waals surface area contributed by atoms with Crippen molar-refractivity contribution in [1.29, 1.82) is 0 Å². The molecule has 1 aromatic rings. The Hall–Kier alpha value is -2.76. The highest BCUT2D eigenvalue weighted by Crippen LogP contribution is 2.34. The first-order valence-corrected chi connectivity index (χ1v) is 13.7. The van der Waals surface area contributed by atoms with E-state index in [1.807, 2.05) is 15.9 Å². The average Bonchev–Trinajstić information content (AvgIpc) is 2.89. The van der Waals surface area contributed by atoms with Gasteiger partial charge in [0, 0.05) is 57.0 Å². The first kappa shape index (κ1) is 29.8. The van der Waals surface area contributed by atoms with Crippen LogP contribution in [0.4, 0.5) is 4.39 Å². The smallest absolute Gasteiger partial charge is 0.327 e. The Kier molecular flexibility index (Phi) is 11.3. The molecule has 0 saturated carbocycles. The number of carbonyl (C=O) groups is 4. The van der Waals surface area contributed by atoms with Crippen LogP contribution in [0.2, 0.25) is 0 Å². The zero-order chi connectivity index (χ0) is 27.7. The van der Waals surface area contributed by atoms with Crippen molar-refractivity contribution in [2.45, 2.75) is 38.0 Å². The quantitative estimate of drug-likeness (QED) is 0.322. The SMILES string of the molecule is CCOC(=O)CCN1CCN(C/C=C2/CN(C(C(=O)OC)c3ccccc3F)CCC2SC(C)=O)CC1=O. The number of hydrogen-bond acceptors (Lipinski definition) is 9. The lowest BCUT2D eigenvalue weighted by Crippen LogP contribution is -2.51. The minimum Gasteiger partial charge on any atom is -0.468 e. The Morgan fingerprint density at radius 2 is 1.95 bits per heavy atom. The summed E-state index contributed by atoms with van der Waals surface area (Å²) in [7, 11) is 1.29. The van der Waals surface area contributed by atoms with Gasteiger partial charge in [-0.25, -0.2) is 9.18 Å². The van der Waals surface area contributed by atoms with Crippen LogP contribution in [0, 0.1) is 5.82 Å². The van der Waals surface area contributed by atoms with Gasteiger partial charge in [-0.15, -0.1) is 0 Å². The Morgan fingerprint density at radius 3 is 2.61 bits per heavy atom. The molecule has 0 radical (unpaired) electrons. The molecule has 2 aliphatic rings. The molecular weight excluding hydrogens is 513 g/mol. The summed E-state index contributed by atoms with van der Waals surface area (Å²) in [6.07, 6.45) is 2.80. The molecule has 2 aliphatic heterocycles. The fraction of sp³-hybridized carbons (Fsp3) is 0.556. The second kappa shape index (κ2) is 14.4. The van der Waals surface area contributed by atoms with Crippen LogP contribution in [0.1, 0.15) is 38.3 Å². The van der Waals surface area contributed by atoms with Crippen molar-refractivity contribution in [2.24, 2.45) is 0 Å². The van der Waals surface area contributed by atoms with Crippen LogP contribution in [0.3, 0.4) is 0 Å². The average molecular weight is 550 g/mol. The third-order valence-corrected chi connectivity index (χ3v) is 7.83. The predicted molar refractivity (Wildman–Crippen MR) is 142 cm³/mol. The summed E-state index contributed by atoms with van der Waals surface area (Å²) in [5, 5.41) is -0.0670. The fourth-order valence-corrected chi connectivity index (χ4v) is 5.72. The maximum absolute atomic E-state index is 14.7. The summed E-state index contributed by atoms with van der Waals surface area (Å²) >= 11 is 1.25. The van der Waals surface area contributed by atoms with Gasteiger partial charge in [-0.3, -0.25) is 24.2 Å². The number of hydrogen-bond donors (Lipinski definition) is 0. The molecule has 2 atom stereocenters. The highest BCUT2D eigenvalue weighted by atomic mass is 32.2. The number of likely N-dealkylation sites (tertiary alicyclic amines) is 1. The Balaban J connectivity index is 1.70. The van der Waals surface area contributed by atoms with Gasteiger partial charge in [-0.2, -0.15) is 0 Å². The minimum absolute atomic E-state index is 0.00152. The number of carbonyl (C=O) groups excluding carboxylic acids is 4. The summed E-state index contributed by atoms with van der Waals surface area (Å²) in [6, 6.07) is 5.27. The topological polar surface area (TPSA) is 96.5 Å². The van der Waals surface area contributed by atoms with Gasteiger partial charge in [0.1, 0.15) is 11.9 Å². The lowest BCUT2D eigenvalue weighted by molar-refractivity contribution is -0.148. The van der Waals surface area contributed by atoms with Gasteiger partial charge in [0.05, 0.1) is 26.7 Å². The molecule has 1 aromatic carbocycles. The van der Waals surface area contributed by atoms with E-state index in [-0.39, 0.29) is 40.8 Å². The van der Waals surface area contributed by atoms with Crippen LogP contribution in [0.25, 0.3) is 0 Å². The normalized spacial score (nSPS) is 20.8. The van der Waals surface area contributed by atoms with Crippen LogP contribution < -0.4 is 0 Å². The number of esters is 2.